The molecule has 0 spiro atoms. The maximum absolute atomic E-state index is 12.8. The van der Waals surface area contributed by atoms with Crippen molar-refractivity contribution in [2.75, 3.05) is 19.7 Å². The van der Waals surface area contributed by atoms with Crippen LogP contribution in [0.25, 0.3) is 11.0 Å². The first kappa shape index (κ1) is 21.2. The number of aryl methyl sites for hydroxylation is 2. The van der Waals surface area contributed by atoms with Crippen LogP contribution in [0.1, 0.15) is 30.4 Å². The van der Waals surface area contributed by atoms with Crippen molar-refractivity contribution >= 4 is 28.5 Å². The normalized spacial score (nSPS) is 14.0. The zero-order chi connectivity index (χ0) is 22.0. The first-order chi connectivity index (χ1) is 14.9. The van der Waals surface area contributed by atoms with Crippen molar-refractivity contribution in [2.24, 2.45) is 0 Å². The van der Waals surface area contributed by atoms with Crippen LogP contribution in [0.5, 0.6) is 17.2 Å². The molecule has 2 aromatic carbocycles. The van der Waals surface area contributed by atoms with Crippen LogP contribution in [0, 0.1) is 13.8 Å². The Bertz CT molecular complexity index is 1160. The smallest absolute Gasteiger partial charge is 0.260 e. The number of benzene rings is 2. The zero-order valence-electron chi connectivity index (χ0n) is 17.6. The van der Waals surface area contributed by atoms with Crippen LogP contribution < -0.4 is 14.9 Å². The van der Waals surface area contributed by atoms with Crippen molar-refractivity contribution in [2.45, 2.75) is 33.1 Å². The quantitative estimate of drug-likeness (QED) is 0.541. The maximum atomic E-state index is 12.8. The standard InChI is InChI=1S/C24H24ClNO5/c1-15-10-18(11-16(2)23(15)25)31-21-13-30-20-12-17(6-7-19(20)24(21)28)29-14-22(27)26-8-4-3-5-9-26/h6-7,10-13H,3-5,8-9,14H2,1-2H3. The van der Waals surface area contributed by atoms with E-state index in [4.69, 9.17) is 25.5 Å². The number of nitrogens with zero attached hydrogens (tertiary/aromatic N) is 1. The highest BCUT2D eigenvalue weighted by atomic mass is 35.5. The molecule has 6 nitrogen and oxygen atoms in total. The second kappa shape index (κ2) is 9.02. The fourth-order valence-corrected chi connectivity index (χ4v) is 3.83. The van der Waals surface area contributed by atoms with Gasteiger partial charge < -0.3 is 18.8 Å². The van der Waals surface area contributed by atoms with Crippen LogP contribution in [0.3, 0.4) is 0 Å². The van der Waals surface area contributed by atoms with Gasteiger partial charge in [0.1, 0.15) is 23.3 Å². The summed E-state index contributed by atoms with van der Waals surface area (Å²) < 4.78 is 17.0. The van der Waals surface area contributed by atoms with Crippen molar-refractivity contribution in [3.8, 4) is 17.2 Å². The molecule has 0 radical (unpaired) electrons. The Morgan fingerprint density at radius 2 is 1.77 bits per heavy atom. The van der Waals surface area contributed by atoms with E-state index >= 15 is 0 Å². The van der Waals surface area contributed by atoms with Crippen LogP contribution in [-0.4, -0.2) is 30.5 Å². The van der Waals surface area contributed by atoms with Gasteiger partial charge in [-0.05, 0) is 68.5 Å². The Morgan fingerprint density at radius 1 is 1.06 bits per heavy atom. The number of rotatable bonds is 5. The van der Waals surface area contributed by atoms with Gasteiger partial charge >= 0.3 is 0 Å². The van der Waals surface area contributed by atoms with Crippen LogP contribution in [-0.2, 0) is 4.79 Å². The molecule has 0 saturated carbocycles. The van der Waals surface area contributed by atoms with Crippen LogP contribution in [0.2, 0.25) is 5.02 Å². The molecule has 2 heterocycles. The number of ether oxygens (including phenoxy) is 2. The van der Waals surface area contributed by atoms with E-state index in [0.717, 1.165) is 43.5 Å². The lowest BCUT2D eigenvalue weighted by atomic mass is 10.1. The summed E-state index contributed by atoms with van der Waals surface area (Å²) in [5.74, 6) is 1.04. The third kappa shape index (κ3) is 4.69. The number of carbonyl (C=O) groups excluding carboxylic acids is 1. The fraction of sp³-hybridized carbons (Fsp3) is 0.333. The summed E-state index contributed by atoms with van der Waals surface area (Å²) in [4.78, 5) is 26.9. The van der Waals surface area contributed by atoms with Gasteiger partial charge in [-0.25, -0.2) is 0 Å². The predicted octanol–water partition coefficient (Wildman–Crippen LogP) is 5.25. The van der Waals surface area contributed by atoms with Gasteiger partial charge in [-0.2, -0.15) is 0 Å². The molecule has 3 aromatic rings. The van der Waals surface area contributed by atoms with Gasteiger partial charge in [0.15, 0.2) is 6.61 Å². The Morgan fingerprint density at radius 3 is 2.48 bits per heavy atom. The predicted molar refractivity (Wildman–Crippen MR) is 119 cm³/mol. The third-order valence-corrected chi connectivity index (χ3v) is 6.02. The number of piperidine rings is 1. The minimum absolute atomic E-state index is 0.0291. The van der Waals surface area contributed by atoms with E-state index < -0.39 is 0 Å². The molecule has 0 unspecified atom stereocenters. The second-order valence-corrected chi connectivity index (χ2v) is 8.17. The van der Waals surface area contributed by atoms with Crippen LogP contribution in [0.4, 0.5) is 0 Å². The van der Waals surface area contributed by atoms with Gasteiger partial charge in [0.05, 0.1) is 5.39 Å². The van der Waals surface area contributed by atoms with Gasteiger partial charge in [0.25, 0.3) is 5.91 Å². The fourth-order valence-electron chi connectivity index (χ4n) is 3.72. The molecular formula is C24H24ClNO5. The van der Waals surface area contributed by atoms with E-state index in [2.05, 4.69) is 0 Å². The molecule has 0 aliphatic carbocycles. The molecule has 0 atom stereocenters. The molecule has 1 aliphatic heterocycles. The molecule has 0 bridgehead atoms. The molecule has 1 saturated heterocycles. The molecule has 1 fully saturated rings. The highest BCUT2D eigenvalue weighted by Gasteiger charge is 2.17. The molecule has 1 aromatic heterocycles. The lowest BCUT2D eigenvalue weighted by Crippen LogP contribution is -2.38. The van der Waals surface area contributed by atoms with Gasteiger partial charge in [0.2, 0.25) is 11.2 Å². The average molecular weight is 442 g/mol. The van der Waals surface area contributed by atoms with Crippen molar-refractivity contribution in [1.82, 2.24) is 4.90 Å². The monoisotopic (exact) mass is 441 g/mol. The largest absolute Gasteiger partial charge is 0.484 e. The lowest BCUT2D eigenvalue weighted by Gasteiger charge is -2.26. The lowest BCUT2D eigenvalue weighted by molar-refractivity contribution is -0.134. The molecule has 0 N–H and O–H groups in total. The average Bonchev–Trinajstić information content (AvgIpc) is 2.78. The summed E-state index contributed by atoms with van der Waals surface area (Å²) in [6, 6.07) is 8.43. The summed E-state index contributed by atoms with van der Waals surface area (Å²) in [6.07, 6.45) is 4.52. The van der Waals surface area contributed by atoms with E-state index in [1.807, 2.05) is 18.7 Å². The summed E-state index contributed by atoms with van der Waals surface area (Å²) in [5, 5.41) is 1.04. The van der Waals surface area contributed by atoms with Crippen LogP contribution in [0.15, 0.2) is 45.8 Å². The van der Waals surface area contributed by atoms with Crippen molar-refractivity contribution in [1.29, 1.82) is 0 Å². The first-order valence-electron chi connectivity index (χ1n) is 10.3. The van der Waals surface area contributed by atoms with E-state index in [1.54, 1.807) is 30.3 Å². The summed E-state index contributed by atoms with van der Waals surface area (Å²) in [6.45, 7) is 5.28. The van der Waals surface area contributed by atoms with Gasteiger partial charge in [-0.3, -0.25) is 9.59 Å². The van der Waals surface area contributed by atoms with Crippen LogP contribution >= 0.6 is 11.6 Å². The third-order valence-electron chi connectivity index (χ3n) is 5.42. The Kier molecular flexibility index (Phi) is 6.18. The number of fused-ring (bicyclic) bond motifs is 1. The number of halogens is 1. The summed E-state index contributed by atoms with van der Waals surface area (Å²) in [5.41, 5.74) is 1.80. The summed E-state index contributed by atoms with van der Waals surface area (Å²) in [7, 11) is 0. The Labute approximate surface area is 185 Å². The minimum atomic E-state index is -0.289. The van der Waals surface area contributed by atoms with Crippen molar-refractivity contribution in [3.05, 3.63) is 63.0 Å². The van der Waals surface area contributed by atoms with Gasteiger partial charge in [0, 0.05) is 24.2 Å². The molecule has 162 valence electrons. The number of carbonyl (C=O) groups is 1. The van der Waals surface area contributed by atoms with E-state index in [-0.39, 0.29) is 23.7 Å². The molecule has 4 rings (SSSR count). The molecule has 1 aliphatic rings. The molecule has 7 heteroatoms. The van der Waals surface area contributed by atoms with Crippen molar-refractivity contribution in [3.63, 3.8) is 0 Å². The minimum Gasteiger partial charge on any atom is -0.484 e. The molecular weight excluding hydrogens is 418 g/mol. The zero-order valence-corrected chi connectivity index (χ0v) is 18.3. The van der Waals surface area contributed by atoms with E-state index in [9.17, 15) is 9.59 Å². The SMILES string of the molecule is Cc1cc(Oc2coc3cc(OCC(=O)N4CCCCC4)ccc3c2=O)cc(C)c1Cl. The number of amides is 1. The maximum Gasteiger partial charge on any atom is 0.260 e. The van der Waals surface area contributed by atoms with Crippen molar-refractivity contribution < 1.29 is 18.7 Å². The van der Waals surface area contributed by atoms with Gasteiger partial charge in [-0.15, -0.1) is 0 Å². The highest BCUT2D eigenvalue weighted by Crippen LogP contribution is 2.29. The highest BCUT2D eigenvalue weighted by molar-refractivity contribution is 6.32. The number of hydrogen-bond acceptors (Lipinski definition) is 5. The Hall–Kier alpha value is -2.99. The second-order valence-electron chi connectivity index (χ2n) is 7.79. The summed E-state index contributed by atoms with van der Waals surface area (Å²) >= 11 is 6.19. The first-order valence-corrected chi connectivity index (χ1v) is 10.7. The topological polar surface area (TPSA) is 69.0 Å². The van der Waals surface area contributed by atoms with E-state index in [1.165, 1.54) is 6.26 Å². The molecule has 1 amide bonds. The number of likely N-dealkylation sites (tertiary alicyclic amines) is 1. The van der Waals surface area contributed by atoms with E-state index in [0.29, 0.717) is 27.5 Å². The van der Waals surface area contributed by atoms with Gasteiger partial charge in [-0.1, -0.05) is 11.6 Å². The molecule has 31 heavy (non-hydrogen) atoms. The Balaban J connectivity index is 1.50. The number of hydrogen-bond donors (Lipinski definition) is 0.